The molecule has 2 rings (SSSR count). The maximum atomic E-state index is 12.1. The molecule has 0 spiro atoms. The summed E-state index contributed by atoms with van der Waals surface area (Å²) in [4.78, 5) is 27.6. The molecular formula is C14H12N2O3S. The second-order valence-corrected chi connectivity index (χ2v) is 4.72. The summed E-state index contributed by atoms with van der Waals surface area (Å²) >= 11 is 1.51. The molecule has 0 unspecified atom stereocenters. The lowest BCUT2D eigenvalue weighted by molar-refractivity contribution is 0.0690. The number of carboxylic acid groups (broad SMARTS) is 1. The molecule has 0 saturated carbocycles. The van der Waals surface area contributed by atoms with Crippen LogP contribution in [-0.4, -0.2) is 28.2 Å². The number of carbonyl (C=O) groups is 2. The Balaban J connectivity index is 2.24. The molecule has 0 aliphatic rings. The average Bonchev–Trinajstić information content (AvgIpc) is 2.48. The van der Waals surface area contributed by atoms with Gasteiger partial charge in [-0.2, -0.15) is 0 Å². The molecule has 2 aromatic rings. The quantitative estimate of drug-likeness (QED) is 0.846. The van der Waals surface area contributed by atoms with Crippen molar-refractivity contribution in [3.8, 4) is 0 Å². The maximum Gasteiger partial charge on any atom is 0.354 e. The molecule has 0 aliphatic carbocycles. The van der Waals surface area contributed by atoms with Crippen molar-refractivity contribution in [3.63, 3.8) is 0 Å². The fourth-order valence-corrected chi connectivity index (χ4v) is 2.17. The van der Waals surface area contributed by atoms with Gasteiger partial charge in [0.05, 0.1) is 5.69 Å². The van der Waals surface area contributed by atoms with E-state index in [9.17, 15) is 9.59 Å². The van der Waals surface area contributed by atoms with Crippen molar-refractivity contribution in [2.75, 3.05) is 11.6 Å². The van der Waals surface area contributed by atoms with E-state index in [0.29, 0.717) is 5.69 Å². The number of rotatable bonds is 4. The number of nitrogens with one attached hydrogen (secondary N) is 1. The first kappa shape index (κ1) is 14.1. The molecule has 1 heterocycles. The van der Waals surface area contributed by atoms with Gasteiger partial charge in [0.15, 0.2) is 0 Å². The van der Waals surface area contributed by atoms with E-state index in [1.165, 1.54) is 30.0 Å². The molecular weight excluding hydrogens is 276 g/mol. The lowest BCUT2D eigenvalue weighted by Gasteiger charge is -2.08. The number of carbonyl (C=O) groups excluding carboxylic acids is 1. The summed E-state index contributed by atoms with van der Waals surface area (Å²) in [5, 5.41) is 11.6. The molecule has 1 aromatic carbocycles. The second-order valence-electron chi connectivity index (χ2n) is 3.87. The number of pyridine rings is 1. The number of hydrogen-bond donors (Lipinski definition) is 2. The number of amides is 1. The molecule has 0 saturated heterocycles. The van der Waals surface area contributed by atoms with Crippen LogP contribution in [0.4, 0.5) is 5.69 Å². The molecule has 5 nitrogen and oxygen atoms in total. The van der Waals surface area contributed by atoms with Gasteiger partial charge in [-0.15, -0.1) is 11.8 Å². The molecule has 0 fully saturated rings. The Hall–Kier alpha value is -2.34. The number of aromatic nitrogens is 1. The molecule has 1 aromatic heterocycles. The third kappa shape index (κ3) is 3.16. The van der Waals surface area contributed by atoms with E-state index in [-0.39, 0.29) is 11.4 Å². The Morgan fingerprint density at radius 3 is 2.50 bits per heavy atom. The van der Waals surface area contributed by atoms with Gasteiger partial charge in [0.25, 0.3) is 5.91 Å². The smallest absolute Gasteiger partial charge is 0.354 e. The zero-order chi connectivity index (χ0) is 14.5. The average molecular weight is 288 g/mol. The van der Waals surface area contributed by atoms with Gasteiger partial charge in [-0.25, -0.2) is 9.78 Å². The number of hydrogen-bond acceptors (Lipinski definition) is 4. The Morgan fingerprint density at radius 2 is 1.80 bits per heavy atom. The second kappa shape index (κ2) is 6.21. The fraction of sp³-hybridized carbons (Fsp3) is 0.0714. The van der Waals surface area contributed by atoms with Crippen LogP contribution < -0.4 is 5.32 Å². The molecule has 20 heavy (non-hydrogen) atoms. The summed E-state index contributed by atoms with van der Waals surface area (Å²) in [5.41, 5.74) is 0.587. The molecule has 0 aliphatic heterocycles. The van der Waals surface area contributed by atoms with Crippen LogP contribution in [0.1, 0.15) is 21.0 Å². The Labute approximate surface area is 120 Å². The van der Waals surface area contributed by atoms with Crippen LogP contribution >= 0.6 is 11.8 Å². The third-order valence-corrected chi connectivity index (χ3v) is 3.35. The van der Waals surface area contributed by atoms with E-state index in [4.69, 9.17) is 5.11 Å². The van der Waals surface area contributed by atoms with Crippen molar-refractivity contribution in [2.24, 2.45) is 0 Å². The Morgan fingerprint density at radius 1 is 1.10 bits per heavy atom. The first-order valence-corrected chi connectivity index (χ1v) is 6.99. The summed E-state index contributed by atoms with van der Waals surface area (Å²) in [6.07, 6.45) is 1.91. The summed E-state index contributed by atoms with van der Waals surface area (Å²) in [7, 11) is 0. The molecule has 6 heteroatoms. The van der Waals surface area contributed by atoms with Crippen molar-refractivity contribution in [2.45, 2.75) is 4.90 Å². The van der Waals surface area contributed by atoms with Crippen LogP contribution in [0.3, 0.4) is 0 Å². The first-order chi connectivity index (χ1) is 9.61. The number of para-hydroxylation sites is 1. The molecule has 1 amide bonds. The number of aromatic carboxylic acids is 1. The highest BCUT2D eigenvalue weighted by Gasteiger charge is 2.12. The Bertz CT molecular complexity index is 658. The van der Waals surface area contributed by atoms with Crippen LogP contribution in [0.15, 0.2) is 47.4 Å². The first-order valence-electron chi connectivity index (χ1n) is 5.76. The van der Waals surface area contributed by atoms with Crippen LogP contribution in [0.2, 0.25) is 0 Å². The van der Waals surface area contributed by atoms with Crippen LogP contribution in [0.25, 0.3) is 0 Å². The predicted octanol–water partition coefficient (Wildman–Crippen LogP) is 2.75. The minimum absolute atomic E-state index is 0.0702. The van der Waals surface area contributed by atoms with Crippen LogP contribution in [-0.2, 0) is 0 Å². The van der Waals surface area contributed by atoms with E-state index in [1.54, 1.807) is 6.07 Å². The maximum absolute atomic E-state index is 12.1. The van der Waals surface area contributed by atoms with E-state index in [1.807, 2.05) is 24.5 Å². The van der Waals surface area contributed by atoms with Crippen molar-refractivity contribution in [1.82, 2.24) is 4.98 Å². The number of benzene rings is 1. The zero-order valence-electron chi connectivity index (χ0n) is 10.7. The summed E-state index contributed by atoms with van der Waals surface area (Å²) in [6, 6.07) is 11.7. The van der Waals surface area contributed by atoms with Crippen molar-refractivity contribution >= 4 is 29.3 Å². The standard InChI is InChI=1S/C14H12N2O3S/c1-20-12-8-3-2-5-9(12)16-13(17)10-6-4-7-11(15-10)14(18)19/h2-8H,1H3,(H,16,17)(H,18,19). The van der Waals surface area contributed by atoms with Gasteiger partial charge in [-0.3, -0.25) is 4.79 Å². The summed E-state index contributed by atoms with van der Waals surface area (Å²) in [5.74, 6) is -1.60. The lowest BCUT2D eigenvalue weighted by Crippen LogP contribution is -2.15. The summed E-state index contributed by atoms with van der Waals surface area (Å²) < 4.78 is 0. The normalized spacial score (nSPS) is 10.1. The summed E-state index contributed by atoms with van der Waals surface area (Å²) in [6.45, 7) is 0. The van der Waals surface area contributed by atoms with Gasteiger partial charge >= 0.3 is 5.97 Å². The highest BCUT2D eigenvalue weighted by Crippen LogP contribution is 2.24. The van der Waals surface area contributed by atoms with Gasteiger partial charge in [0.1, 0.15) is 11.4 Å². The highest BCUT2D eigenvalue weighted by molar-refractivity contribution is 7.98. The van der Waals surface area contributed by atoms with Gasteiger partial charge in [-0.05, 0) is 30.5 Å². The minimum Gasteiger partial charge on any atom is -0.477 e. The number of anilines is 1. The van der Waals surface area contributed by atoms with Crippen LogP contribution in [0.5, 0.6) is 0 Å². The van der Waals surface area contributed by atoms with Crippen molar-refractivity contribution in [1.29, 1.82) is 0 Å². The van der Waals surface area contributed by atoms with Gasteiger partial charge in [0.2, 0.25) is 0 Å². The van der Waals surface area contributed by atoms with Crippen molar-refractivity contribution < 1.29 is 14.7 Å². The number of carboxylic acids is 1. The minimum atomic E-state index is -1.16. The third-order valence-electron chi connectivity index (χ3n) is 2.56. The number of nitrogens with zero attached hydrogens (tertiary/aromatic N) is 1. The topological polar surface area (TPSA) is 79.3 Å². The fourth-order valence-electron chi connectivity index (χ4n) is 1.61. The molecule has 0 radical (unpaired) electrons. The molecule has 102 valence electrons. The predicted molar refractivity (Wildman–Crippen MR) is 77.4 cm³/mol. The van der Waals surface area contributed by atoms with Gasteiger partial charge in [-0.1, -0.05) is 18.2 Å². The Kier molecular flexibility index (Phi) is 4.37. The van der Waals surface area contributed by atoms with Crippen molar-refractivity contribution in [3.05, 3.63) is 53.9 Å². The molecule has 2 N–H and O–H groups in total. The zero-order valence-corrected chi connectivity index (χ0v) is 11.5. The van der Waals surface area contributed by atoms with E-state index in [2.05, 4.69) is 10.3 Å². The monoisotopic (exact) mass is 288 g/mol. The SMILES string of the molecule is CSc1ccccc1NC(=O)c1cccc(C(=O)O)n1. The molecule has 0 bridgehead atoms. The van der Waals surface area contributed by atoms with Gasteiger partial charge in [0, 0.05) is 4.90 Å². The largest absolute Gasteiger partial charge is 0.477 e. The number of thioether (sulfide) groups is 1. The van der Waals surface area contributed by atoms with E-state index >= 15 is 0 Å². The van der Waals surface area contributed by atoms with E-state index < -0.39 is 11.9 Å². The highest BCUT2D eigenvalue weighted by atomic mass is 32.2. The van der Waals surface area contributed by atoms with Crippen LogP contribution in [0, 0.1) is 0 Å². The van der Waals surface area contributed by atoms with E-state index in [0.717, 1.165) is 4.90 Å². The van der Waals surface area contributed by atoms with Gasteiger partial charge < -0.3 is 10.4 Å². The lowest BCUT2D eigenvalue weighted by atomic mass is 10.2. The molecule has 0 atom stereocenters.